The molecule has 8 aromatic carbocycles. The van der Waals surface area contributed by atoms with E-state index in [9.17, 15) is 0 Å². The Morgan fingerprint density at radius 1 is 0.491 bits per heavy atom. The Morgan fingerprint density at radius 3 is 1.95 bits per heavy atom. The number of hydrogen-bond acceptors (Lipinski definition) is 5. The van der Waals surface area contributed by atoms with Crippen LogP contribution in [0.4, 0.5) is 0 Å². The first-order valence-electron chi connectivity index (χ1n) is 19.4. The lowest BCUT2D eigenvalue weighted by molar-refractivity contribution is 0.411. The Balaban J connectivity index is 0.998. The van der Waals surface area contributed by atoms with Crippen LogP contribution in [-0.4, -0.2) is 10.4 Å². The number of amidine groups is 1. The number of aliphatic imine (C=N–C) groups is 1. The normalized spacial score (nSPS) is 15.9. The van der Waals surface area contributed by atoms with Crippen LogP contribution in [0.1, 0.15) is 29.0 Å². The van der Waals surface area contributed by atoms with Crippen LogP contribution in [0, 0.1) is 0 Å². The summed E-state index contributed by atoms with van der Waals surface area (Å²) in [5.41, 5.74) is 9.63. The Morgan fingerprint density at radius 2 is 1.14 bits per heavy atom. The first-order chi connectivity index (χ1) is 28.3. The molecular weight excluding hydrogens is 733 g/mol. The average molecular weight is 767 g/mol. The van der Waals surface area contributed by atoms with Crippen molar-refractivity contribution in [1.29, 1.82) is 0 Å². The fraction of sp³-hybridized carbons (Fsp3) is 0.0392. The lowest BCUT2D eigenvalue weighted by atomic mass is 9.97. The Hall–Kier alpha value is -6.57. The molecule has 2 atom stereocenters. The summed E-state index contributed by atoms with van der Waals surface area (Å²) in [4.78, 5) is 5.17. The maximum absolute atomic E-state index is 5.17. The minimum Gasteiger partial charge on any atom is -0.350 e. The predicted octanol–water partition coefficient (Wildman–Crippen LogP) is 13.5. The van der Waals surface area contributed by atoms with E-state index in [4.69, 9.17) is 4.99 Å². The smallest absolute Gasteiger partial charge is 0.131 e. The number of nitrogens with zero attached hydrogens (tertiary/aromatic N) is 2. The number of aromatic nitrogens is 1. The van der Waals surface area contributed by atoms with Crippen molar-refractivity contribution in [1.82, 2.24) is 15.2 Å². The van der Waals surface area contributed by atoms with E-state index in [2.05, 4.69) is 197 Å². The first kappa shape index (κ1) is 32.7. The largest absolute Gasteiger partial charge is 0.350 e. The molecule has 57 heavy (non-hydrogen) atoms. The van der Waals surface area contributed by atoms with E-state index in [0.29, 0.717) is 0 Å². The maximum Gasteiger partial charge on any atom is 0.131 e. The van der Waals surface area contributed by atoms with Gasteiger partial charge in [-0.15, -0.1) is 22.7 Å². The topological polar surface area (TPSA) is 41.4 Å². The lowest BCUT2D eigenvalue weighted by Gasteiger charge is -2.32. The zero-order valence-electron chi connectivity index (χ0n) is 30.7. The van der Waals surface area contributed by atoms with Gasteiger partial charge in [0.05, 0.1) is 11.0 Å². The van der Waals surface area contributed by atoms with E-state index in [1.165, 1.54) is 84.5 Å². The summed E-state index contributed by atoms with van der Waals surface area (Å²) < 4.78 is 7.60. The summed E-state index contributed by atoms with van der Waals surface area (Å²) in [6, 6.07) is 65.9. The van der Waals surface area contributed by atoms with Crippen molar-refractivity contribution >= 4 is 90.7 Å². The van der Waals surface area contributed by atoms with Gasteiger partial charge >= 0.3 is 0 Å². The summed E-state index contributed by atoms with van der Waals surface area (Å²) in [6.45, 7) is 0. The molecule has 0 aliphatic carbocycles. The highest BCUT2D eigenvalue weighted by Gasteiger charge is 2.28. The highest BCUT2D eigenvalue weighted by atomic mass is 32.1. The summed E-state index contributed by atoms with van der Waals surface area (Å²) in [5.74, 6) is 0.893. The van der Waals surface area contributed by atoms with Crippen molar-refractivity contribution in [3.63, 3.8) is 0 Å². The second kappa shape index (κ2) is 13.0. The van der Waals surface area contributed by atoms with Crippen molar-refractivity contribution in [3.8, 4) is 16.8 Å². The molecule has 0 saturated carbocycles. The standard InChI is InChI=1S/C51H34N4S2/c1-3-14-31(15-4-1)49-52-50(32-16-5-2-6-17-32)54-51(53-49)40-24-12-23-39-46-36(20-13-27-45(46)57-48(39)40)37-21-11-22-38-41-30-33(28-29-44(41)56-47(37)38)55-42-25-9-7-18-34(42)35-19-8-10-26-43(35)55/h1-30,49,51,53H,(H,52,54). The number of para-hydroxylation sites is 2. The molecule has 3 aromatic heterocycles. The third kappa shape index (κ3) is 5.19. The van der Waals surface area contributed by atoms with E-state index in [0.717, 1.165) is 17.0 Å². The third-order valence-electron chi connectivity index (χ3n) is 11.5. The monoisotopic (exact) mass is 766 g/mol. The molecule has 0 fully saturated rings. The molecule has 4 heterocycles. The predicted molar refractivity (Wildman–Crippen MR) is 243 cm³/mol. The Bertz CT molecular complexity index is 3320. The Labute approximate surface area is 337 Å². The van der Waals surface area contributed by atoms with Gasteiger partial charge in [0.25, 0.3) is 0 Å². The molecular formula is C51H34N4S2. The van der Waals surface area contributed by atoms with Crippen LogP contribution in [0.2, 0.25) is 0 Å². The molecule has 1 aliphatic rings. The molecule has 0 spiro atoms. The molecule has 4 nitrogen and oxygen atoms in total. The van der Waals surface area contributed by atoms with Crippen molar-refractivity contribution in [2.45, 2.75) is 12.3 Å². The molecule has 1 aliphatic heterocycles. The highest BCUT2D eigenvalue weighted by molar-refractivity contribution is 7.27. The average Bonchev–Trinajstić information content (AvgIpc) is 3.96. The highest BCUT2D eigenvalue weighted by Crippen LogP contribution is 2.47. The zero-order valence-corrected chi connectivity index (χ0v) is 32.3. The zero-order chi connectivity index (χ0) is 37.5. The molecule has 270 valence electrons. The van der Waals surface area contributed by atoms with Gasteiger partial charge in [-0.3, -0.25) is 5.32 Å². The SMILES string of the molecule is c1ccc(C2=NC(c3ccccc3)NC(c3cccc4c3sc3cccc(-c5cccc6c5sc5ccc(-n7c8ccccc8c8ccccc87)cc56)c34)N2)cc1. The van der Waals surface area contributed by atoms with Crippen LogP contribution in [0.15, 0.2) is 187 Å². The van der Waals surface area contributed by atoms with E-state index >= 15 is 0 Å². The van der Waals surface area contributed by atoms with Crippen LogP contribution in [0.5, 0.6) is 0 Å². The number of rotatable bonds is 5. The van der Waals surface area contributed by atoms with Crippen molar-refractivity contribution in [2.24, 2.45) is 4.99 Å². The van der Waals surface area contributed by atoms with E-state index in [1.54, 1.807) is 0 Å². The molecule has 0 bridgehead atoms. The van der Waals surface area contributed by atoms with Crippen LogP contribution < -0.4 is 10.6 Å². The van der Waals surface area contributed by atoms with Gasteiger partial charge in [-0.25, -0.2) is 4.99 Å². The van der Waals surface area contributed by atoms with E-state index in [1.807, 2.05) is 22.7 Å². The number of benzene rings is 8. The van der Waals surface area contributed by atoms with Crippen LogP contribution in [-0.2, 0) is 0 Å². The molecule has 6 heteroatoms. The fourth-order valence-electron chi connectivity index (χ4n) is 8.93. The molecule has 2 N–H and O–H groups in total. The third-order valence-corrected chi connectivity index (χ3v) is 13.9. The minimum atomic E-state index is -0.186. The molecule has 2 unspecified atom stereocenters. The summed E-state index contributed by atoms with van der Waals surface area (Å²) in [7, 11) is 0. The second-order valence-corrected chi connectivity index (χ2v) is 16.8. The van der Waals surface area contributed by atoms with Gasteiger partial charge in [0, 0.05) is 73.5 Å². The second-order valence-electron chi connectivity index (χ2n) is 14.7. The molecule has 12 rings (SSSR count). The van der Waals surface area contributed by atoms with Crippen LogP contribution >= 0.6 is 22.7 Å². The van der Waals surface area contributed by atoms with Gasteiger partial charge in [0.15, 0.2) is 0 Å². The van der Waals surface area contributed by atoms with Crippen molar-refractivity contribution in [2.75, 3.05) is 0 Å². The molecule has 11 aromatic rings. The van der Waals surface area contributed by atoms with Crippen LogP contribution in [0.25, 0.3) is 79.0 Å². The quantitative estimate of drug-likeness (QED) is 0.183. The van der Waals surface area contributed by atoms with Crippen molar-refractivity contribution < 1.29 is 0 Å². The Kier molecular flexibility index (Phi) is 7.45. The van der Waals surface area contributed by atoms with Crippen LogP contribution in [0.3, 0.4) is 0 Å². The van der Waals surface area contributed by atoms with E-state index in [-0.39, 0.29) is 12.3 Å². The van der Waals surface area contributed by atoms with Gasteiger partial charge in [-0.1, -0.05) is 146 Å². The van der Waals surface area contributed by atoms with Gasteiger partial charge in [0.2, 0.25) is 0 Å². The number of fused-ring (bicyclic) bond motifs is 9. The van der Waals surface area contributed by atoms with Crippen molar-refractivity contribution in [3.05, 3.63) is 199 Å². The van der Waals surface area contributed by atoms with Gasteiger partial charge in [0.1, 0.15) is 18.2 Å². The number of thiophene rings is 2. The lowest BCUT2D eigenvalue weighted by Crippen LogP contribution is -2.45. The fourth-order valence-corrected chi connectivity index (χ4v) is 11.4. The summed E-state index contributed by atoms with van der Waals surface area (Å²) in [6.07, 6.45) is -0.327. The van der Waals surface area contributed by atoms with Gasteiger partial charge in [-0.2, -0.15) is 0 Å². The first-order valence-corrected chi connectivity index (χ1v) is 21.0. The maximum atomic E-state index is 5.17. The molecule has 0 saturated heterocycles. The molecule has 0 amide bonds. The molecule has 0 radical (unpaired) electrons. The minimum absolute atomic E-state index is 0.141. The van der Waals surface area contributed by atoms with E-state index < -0.39 is 0 Å². The number of hydrogen-bond donors (Lipinski definition) is 2. The number of nitrogens with one attached hydrogen (secondary N) is 2. The summed E-state index contributed by atoms with van der Waals surface area (Å²) in [5, 5.41) is 15.4. The summed E-state index contributed by atoms with van der Waals surface area (Å²) >= 11 is 3.77. The van der Waals surface area contributed by atoms with Gasteiger partial charge < -0.3 is 9.88 Å². The van der Waals surface area contributed by atoms with Gasteiger partial charge in [-0.05, 0) is 47.5 Å².